The first-order chi connectivity index (χ1) is 8.66. The first kappa shape index (κ1) is 13.4. The number of likely N-dealkylation sites (N-methyl/N-ethyl adjacent to an activating group) is 1. The molecule has 1 heterocycles. The van der Waals surface area contributed by atoms with Gasteiger partial charge in [-0.25, -0.2) is 0 Å². The number of aryl methyl sites for hydroxylation is 2. The minimum absolute atomic E-state index is 0.664. The highest BCUT2D eigenvalue weighted by molar-refractivity contribution is 5.51. The predicted octanol–water partition coefficient (Wildman–Crippen LogP) is 2.01. The van der Waals surface area contributed by atoms with Gasteiger partial charge in [0.2, 0.25) is 0 Å². The smallest absolute Gasteiger partial charge is 0.0370 e. The molecule has 100 valence electrons. The Morgan fingerprint density at radius 3 is 2.94 bits per heavy atom. The maximum atomic E-state index is 3.55. The van der Waals surface area contributed by atoms with Crippen molar-refractivity contribution in [3.8, 4) is 0 Å². The Kier molecular flexibility index (Phi) is 4.61. The number of hydrogen-bond donors (Lipinski definition) is 2. The summed E-state index contributed by atoms with van der Waals surface area (Å²) in [6, 6.07) is 7.25. The minimum atomic E-state index is 0.664. The number of nitrogens with zero attached hydrogens (tertiary/aromatic N) is 1. The summed E-state index contributed by atoms with van der Waals surface area (Å²) in [6.45, 7) is 8.75. The van der Waals surface area contributed by atoms with Crippen molar-refractivity contribution in [3.63, 3.8) is 0 Å². The number of anilines is 1. The van der Waals surface area contributed by atoms with Crippen LogP contribution in [0.4, 0.5) is 5.69 Å². The summed E-state index contributed by atoms with van der Waals surface area (Å²) in [5, 5.41) is 7.02. The molecule has 2 N–H and O–H groups in total. The van der Waals surface area contributed by atoms with Gasteiger partial charge in [0.05, 0.1) is 0 Å². The monoisotopic (exact) mass is 247 g/mol. The highest BCUT2D eigenvalue weighted by Gasteiger charge is 2.17. The fraction of sp³-hybridized carbons (Fsp3) is 0.600. The molecular weight excluding hydrogens is 222 g/mol. The van der Waals surface area contributed by atoms with Crippen LogP contribution in [0, 0.1) is 13.8 Å². The van der Waals surface area contributed by atoms with Gasteiger partial charge < -0.3 is 15.5 Å². The Labute approximate surface area is 111 Å². The normalized spacial score (nSPS) is 20.9. The minimum Gasteiger partial charge on any atom is -0.385 e. The van der Waals surface area contributed by atoms with Crippen LogP contribution in [0.2, 0.25) is 0 Å². The van der Waals surface area contributed by atoms with Crippen LogP contribution < -0.4 is 10.6 Å². The van der Waals surface area contributed by atoms with E-state index >= 15 is 0 Å². The van der Waals surface area contributed by atoms with E-state index in [2.05, 4.69) is 54.6 Å². The molecule has 0 radical (unpaired) electrons. The van der Waals surface area contributed by atoms with Crippen molar-refractivity contribution in [1.29, 1.82) is 0 Å². The van der Waals surface area contributed by atoms with Crippen molar-refractivity contribution < 1.29 is 0 Å². The zero-order valence-electron chi connectivity index (χ0n) is 11.8. The van der Waals surface area contributed by atoms with E-state index in [1.165, 1.54) is 23.2 Å². The summed E-state index contributed by atoms with van der Waals surface area (Å²) in [5.41, 5.74) is 3.94. The maximum absolute atomic E-state index is 3.55. The van der Waals surface area contributed by atoms with Crippen molar-refractivity contribution in [2.75, 3.05) is 38.5 Å². The number of piperazine rings is 1. The molecule has 1 atom stereocenters. The van der Waals surface area contributed by atoms with E-state index in [9.17, 15) is 0 Å². The average Bonchev–Trinajstić information content (AvgIpc) is 2.34. The van der Waals surface area contributed by atoms with E-state index in [1.54, 1.807) is 0 Å². The van der Waals surface area contributed by atoms with Crippen molar-refractivity contribution in [2.45, 2.75) is 26.3 Å². The van der Waals surface area contributed by atoms with E-state index in [1.807, 2.05) is 0 Å². The third-order valence-corrected chi connectivity index (χ3v) is 3.82. The lowest BCUT2D eigenvalue weighted by Gasteiger charge is -2.33. The summed E-state index contributed by atoms with van der Waals surface area (Å²) in [4.78, 5) is 2.46. The van der Waals surface area contributed by atoms with Gasteiger partial charge in [0.1, 0.15) is 0 Å². The molecule has 2 rings (SSSR count). The number of rotatable bonds is 4. The number of benzene rings is 1. The van der Waals surface area contributed by atoms with E-state index < -0.39 is 0 Å². The summed E-state index contributed by atoms with van der Waals surface area (Å²) in [7, 11) is 2.22. The zero-order valence-corrected chi connectivity index (χ0v) is 11.8. The lowest BCUT2D eigenvalue weighted by molar-refractivity contribution is 0.194. The van der Waals surface area contributed by atoms with Crippen molar-refractivity contribution >= 4 is 5.69 Å². The van der Waals surface area contributed by atoms with Crippen molar-refractivity contribution in [1.82, 2.24) is 10.2 Å². The van der Waals surface area contributed by atoms with Crippen LogP contribution in [-0.2, 0) is 0 Å². The summed E-state index contributed by atoms with van der Waals surface area (Å²) in [6.07, 6.45) is 1.19. The van der Waals surface area contributed by atoms with Gasteiger partial charge in [0, 0.05) is 37.9 Å². The van der Waals surface area contributed by atoms with E-state index in [4.69, 9.17) is 0 Å². The molecule has 0 amide bonds. The topological polar surface area (TPSA) is 27.3 Å². The fourth-order valence-electron chi connectivity index (χ4n) is 2.57. The molecule has 18 heavy (non-hydrogen) atoms. The predicted molar refractivity (Wildman–Crippen MR) is 78.3 cm³/mol. The van der Waals surface area contributed by atoms with E-state index in [0.717, 1.165) is 26.2 Å². The molecule has 0 aromatic heterocycles. The number of nitrogens with one attached hydrogen (secondary N) is 2. The largest absolute Gasteiger partial charge is 0.385 e. The van der Waals surface area contributed by atoms with Gasteiger partial charge in [0.25, 0.3) is 0 Å². The Morgan fingerprint density at radius 1 is 1.39 bits per heavy atom. The molecule has 0 bridgehead atoms. The lowest BCUT2D eigenvalue weighted by Crippen LogP contribution is -2.49. The Balaban J connectivity index is 1.81. The van der Waals surface area contributed by atoms with Crippen LogP contribution in [0.15, 0.2) is 18.2 Å². The van der Waals surface area contributed by atoms with Crippen LogP contribution in [0.5, 0.6) is 0 Å². The van der Waals surface area contributed by atoms with E-state index in [0.29, 0.717) is 6.04 Å². The van der Waals surface area contributed by atoms with Crippen LogP contribution in [0.25, 0.3) is 0 Å². The first-order valence-electron chi connectivity index (χ1n) is 6.89. The molecule has 3 nitrogen and oxygen atoms in total. The molecular formula is C15H25N3. The van der Waals surface area contributed by atoms with Gasteiger partial charge in [-0.1, -0.05) is 17.7 Å². The van der Waals surface area contributed by atoms with Gasteiger partial charge in [-0.15, -0.1) is 0 Å². The summed E-state index contributed by atoms with van der Waals surface area (Å²) >= 11 is 0. The molecule has 0 spiro atoms. The lowest BCUT2D eigenvalue weighted by atomic mass is 10.1. The summed E-state index contributed by atoms with van der Waals surface area (Å²) < 4.78 is 0. The van der Waals surface area contributed by atoms with Crippen molar-refractivity contribution in [3.05, 3.63) is 29.3 Å². The first-order valence-corrected chi connectivity index (χ1v) is 6.89. The third-order valence-electron chi connectivity index (χ3n) is 3.82. The van der Waals surface area contributed by atoms with Gasteiger partial charge in [-0.2, -0.15) is 0 Å². The van der Waals surface area contributed by atoms with Crippen molar-refractivity contribution in [2.24, 2.45) is 0 Å². The quantitative estimate of drug-likeness (QED) is 0.852. The van der Waals surface area contributed by atoms with Crippen LogP contribution >= 0.6 is 0 Å². The second-order valence-corrected chi connectivity index (χ2v) is 5.37. The molecule has 1 aromatic rings. The second kappa shape index (κ2) is 6.21. The summed E-state index contributed by atoms with van der Waals surface area (Å²) in [5.74, 6) is 0. The molecule has 1 aliphatic rings. The SMILES string of the molecule is Cc1ccc(NCCC2CNCCN2C)c(C)c1. The third kappa shape index (κ3) is 3.47. The average molecular weight is 247 g/mol. The van der Waals surface area contributed by atoms with Gasteiger partial charge in [-0.05, 0) is 38.9 Å². The standard InChI is InChI=1S/C15H25N3/c1-12-4-5-15(13(2)10-12)17-7-6-14-11-16-8-9-18(14)3/h4-5,10,14,16-17H,6-9,11H2,1-3H3. The fourth-order valence-corrected chi connectivity index (χ4v) is 2.57. The molecule has 1 aromatic carbocycles. The van der Waals surface area contributed by atoms with Crippen LogP contribution in [0.3, 0.4) is 0 Å². The zero-order chi connectivity index (χ0) is 13.0. The molecule has 0 saturated carbocycles. The molecule has 1 aliphatic heterocycles. The second-order valence-electron chi connectivity index (χ2n) is 5.37. The van der Waals surface area contributed by atoms with Crippen LogP contribution in [0.1, 0.15) is 17.5 Å². The Bertz CT molecular complexity index is 389. The molecule has 3 heteroatoms. The van der Waals surface area contributed by atoms with E-state index in [-0.39, 0.29) is 0 Å². The van der Waals surface area contributed by atoms with Crippen LogP contribution in [-0.4, -0.2) is 44.2 Å². The molecule has 1 saturated heterocycles. The Morgan fingerprint density at radius 2 is 2.22 bits per heavy atom. The van der Waals surface area contributed by atoms with Gasteiger partial charge in [0.15, 0.2) is 0 Å². The Hall–Kier alpha value is -1.06. The maximum Gasteiger partial charge on any atom is 0.0370 e. The van der Waals surface area contributed by atoms with Gasteiger partial charge >= 0.3 is 0 Å². The number of hydrogen-bond acceptors (Lipinski definition) is 3. The highest BCUT2D eigenvalue weighted by Crippen LogP contribution is 2.16. The molecule has 1 fully saturated rings. The highest BCUT2D eigenvalue weighted by atomic mass is 15.2. The van der Waals surface area contributed by atoms with Gasteiger partial charge in [-0.3, -0.25) is 0 Å². The molecule has 0 aliphatic carbocycles. The molecule has 1 unspecified atom stereocenters.